The van der Waals surface area contributed by atoms with Crippen LogP contribution in [0.3, 0.4) is 0 Å². The highest BCUT2D eigenvalue weighted by Gasteiger charge is 2.46. The lowest BCUT2D eigenvalue weighted by Gasteiger charge is -2.31. The van der Waals surface area contributed by atoms with Crippen molar-refractivity contribution in [2.45, 2.75) is 157 Å². The topological polar surface area (TPSA) is 643 Å². The van der Waals surface area contributed by atoms with Crippen LogP contribution < -0.4 is 64.2 Å². The predicted molar refractivity (Wildman–Crippen MR) is 363 cm³/mol. The van der Waals surface area contributed by atoms with Gasteiger partial charge in [-0.1, -0.05) is 68.8 Å². The van der Waals surface area contributed by atoms with Gasteiger partial charge in [-0.15, -0.1) is 0 Å². The molecule has 2 aliphatic rings. The summed E-state index contributed by atoms with van der Waals surface area (Å²) in [5.41, 5.74) is 6.48. The third-order valence-corrected chi connectivity index (χ3v) is 17.1. The van der Waals surface area contributed by atoms with Crippen molar-refractivity contribution in [3.8, 4) is 5.75 Å². The number of carboxylic acids is 4. The molecule has 7 unspecified atom stereocenters. The van der Waals surface area contributed by atoms with Crippen molar-refractivity contribution in [3.63, 3.8) is 0 Å². The van der Waals surface area contributed by atoms with Crippen LogP contribution >= 0.6 is 0 Å². The fraction of sp³-hybridized carbons (Fsp3) is 0.418. The van der Waals surface area contributed by atoms with Crippen LogP contribution in [-0.2, 0) is 104 Å². The molecular formula is C67H80N14O26. The van der Waals surface area contributed by atoms with E-state index in [1.54, 1.807) is 48.5 Å². The average molecular weight is 1500 g/mol. The fourth-order valence-corrected chi connectivity index (χ4v) is 11.5. The van der Waals surface area contributed by atoms with E-state index in [0.29, 0.717) is 34.6 Å². The van der Waals surface area contributed by atoms with E-state index in [1.807, 2.05) is 28.2 Å². The number of epoxide rings is 1. The Kier molecular flexibility index (Phi) is 28.4. The van der Waals surface area contributed by atoms with E-state index in [2.05, 4.69) is 47.2 Å². The minimum Gasteiger partial charge on any atom is -0.508 e. The molecule has 22 N–H and O–H groups in total. The highest BCUT2D eigenvalue weighted by molar-refractivity contribution is 6.02. The molecule has 2 fully saturated rings. The van der Waals surface area contributed by atoms with Crippen LogP contribution in [0.4, 0.5) is 0 Å². The number of phenolic OH excluding ortho intramolecular Hbond substituents is 1. The Balaban J connectivity index is 1.38. The molecule has 7 rings (SSSR count). The number of aliphatic hydroxyl groups excluding tert-OH is 2. The van der Waals surface area contributed by atoms with Crippen LogP contribution in [-0.4, -0.2) is 238 Å². The molecular weight excluding hydrogens is 1420 g/mol. The van der Waals surface area contributed by atoms with Crippen molar-refractivity contribution in [1.82, 2.24) is 68.5 Å². The van der Waals surface area contributed by atoms with E-state index >= 15 is 14.4 Å². The molecule has 0 saturated carbocycles. The number of aliphatic hydroxyl groups is 2. The number of benzene rings is 3. The minimum atomic E-state index is -2.73. The molecule has 40 nitrogen and oxygen atoms in total. The SMILES string of the molecule is CCCC1OC1C(=O)N[C@@H](CO)C(=O)NC1C(=O)N[C@H](Cc2c[nH]c3ccccc23)C(=O)N[C@@H](CC(=O)O)C(=O)N[C@@H](CC(=O)O)C(=O)N[C@H](c2ccc(O)cc2)C(=O)N[C@@H](CC(=O)O)C(=O)NCC(=O)N[C@H](C(O)C(N)=O)C(=O)NC(C(C)CC(=O)O)C(=O)N[C@@H](Cc2c[nH]c3ccccc23)C(=O)OC1C. The summed E-state index contributed by atoms with van der Waals surface area (Å²) in [4.78, 5) is 242. The first kappa shape index (κ1) is 81.7. The number of esters is 1. The first-order valence-corrected chi connectivity index (χ1v) is 33.2. The number of hydrogen-bond donors (Lipinski definition) is 21. The number of phenols is 1. The maximum Gasteiger partial charge on any atom is 0.329 e. The van der Waals surface area contributed by atoms with Gasteiger partial charge in [-0.2, -0.15) is 0 Å². The number of para-hydroxylation sites is 2. The Morgan fingerprint density at radius 2 is 1.08 bits per heavy atom. The minimum absolute atomic E-state index is 0.229. The molecule has 574 valence electrons. The number of carbonyl (C=O) groups is 17. The first-order valence-electron chi connectivity index (χ1n) is 33.2. The summed E-state index contributed by atoms with van der Waals surface area (Å²) in [7, 11) is 0. The van der Waals surface area contributed by atoms with Gasteiger partial charge in [0.1, 0.15) is 72.3 Å². The number of carbonyl (C=O) groups excluding carboxylic acids is 13. The maximum absolute atomic E-state index is 15.3. The lowest BCUT2D eigenvalue weighted by molar-refractivity contribution is -0.156. The number of rotatable bonds is 23. The van der Waals surface area contributed by atoms with Gasteiger partial charge in [-0.05, 0) is 60.2 Å². The number of primary amides is 1. The summed E-state index contributed by atoms with van der Waals surface area (Å²) in [6.45, 7) is 1.45. The Bertz CT molecular complexity index is 4220. The maximum atomic E-state index is 15.3. The van der Waals surface area contributed by atoms with Gasteiger partial charge in [0.2, 0.25) is 65.0 Å². The average Bonchev–Trinajstić information content (AvgIpc) is 1.78. The number of nitrogens with one attached hydrogen (secondary N) is 13. The van der Waals surface area contributed by atoms with Crippen LogP contribution in [0, 0.1) is 5.92 Å². The van der Waals surface area contributed by atoms with Crippen molar-refractivity contribution < 1.29 is 127 Å². The zero-order valence-electron chi connectivity index (χ0n) is 57.3. The highest BCUT2D eigenvalue weighted by atomic mass is 16.6. The first-order chi connectivity index (χ1) is 50.7. The number of amides is 12. The van der Waals surface area contributed by atoms with Crippen molar-refractivity contribution >= 4 is 123 Å². The van der Waals surface area contributed by atoms with E-state index in [-0.39, 0.29) is 16.7 Å². The van der Waals surface area contributed by atoms with Crippen LogP contribution in [0.25, 0.3) is 21.8 Å². The quantitative estimate of drug-likeness (QED) is 0.0214. The largest absolute Gasteiger partial charge is 0.508 e. The van der Waals surface area contributed by atoms with Gasteiger partial charge in [-0.25, -0.2) is 4.79 Å². The van der Waals surface area contributed by atoms with E-state index in [1.165, 1.54) is 12.4 Å². The number of aromatic nitrogens is 2. The number of ether oxygens (including phenoxy) is 2. The lowest BCUT2D eigenvalue weighted by Crippen LogP contribution is -2.63. The number of aromatic hydroxyl groups is 1. The molecule has 15 atom stereocenters. The number of aliphatic carboxylic acids is 4. The van der Waals surface area contributed by atoms with Gasteiger partial charge in [0, 0.05) is 47.0 Å². The molecule has 2 aliphatic heterocycles. The second-order valence-electron chi connectivity index (χ2n) is 25.2. The number of nitrogens with two attached hydrogens (primary N) is 1. The molecule has 5 aromatic rings. The van der Waals surface area contributed by atoms with Crippen molar-refractivity contribution in [3.05, 3.63) is 102 Å². The number of H-pyrrole nitrogens is 2. The smallest absolute Gasteiger partial charge is 0.329 e. The summed E-state index contributed by atoms with van der Waals surface area (Å²) >= 11 is 0. The zero-order chi connectivity index (χ0) is 78.7. The van der Waals surface area contributed by atoms with Gasteiger partial charge < -0.3 is 119 Å². The number of fused-ring (bicyclic) bond motifs is 2. The van der Waals surface area contributed by atoms with Gasteiger partial charge in [0.25, 0.3) is 5.91 Å². The van der Waals surface area contributed by atoms with Crippen molar-refractivity contribution in [2.24, 2.45) is 11.7 Å². The molecule has 2 aromatic heterocycles. The molecule has 0 spiro atoms. The van der Waals surface area contributed by atoms with E-state index in [9.17, 15) is 103 Å². The van der Waals surface area contributed by atoms with Gasteiger partial charge in [0.05, 0.1) is 44.9 Å². The third-order valence-electron chi connectivity index (χ3n) is 17.1. The Labute approximate surface area is 605 Å². The highest BCUT2D eigenvalue weighted by Crippen LogP contribution is 2.28. The molecule has 3 aromatic carbocycles. The van der Waals surface area contributed by atoms with E-state index in [0.717, 1.165) is 38.1 Å². The molecule has 0 bridgehead atoms. The molecule has 2 saturated heterocycles. The Hall–Kier alpha value is -12.6. The molecule has 0 aliphatic carbocycles. The Morgan fingerprint density at radius 1 is 0.589 bits per heavy atom. The molecule has 40 heteroatoms. The second-order valence-corrected chi connectivity index (χ2v) is 25.2. The van der Waals surface area contributed by atoms with Crippen LogP contribution in [0.1, 0.15) is 82.0 Å². The lowest BCUT2D eigenvalue weighted by atomic mass is 9.95. The summed E-state index contributed by atoms with van der Waals surface area (Å²) in [5.74, 6) is -28.2. The zero-order valence-corrected chi connectivity index (χ0v) is 57.3. The normalized spacial score (nSPS) is 24.4. The van der Waals surface area contributed by atoms with Crippen molar-refractivity contribution in [2.75, 3.05) is 13.2 Å². The molecule has 0 radical (unpaired) electrons. The van der Waals surface area contributed by atoms with Crippen molar-refractivity contribution in [1.29, 1.82) is 0 Å². The van der Waals surface area contributed by atoms with Gasteiger partial charge in [-0.3, -0.25) is 76.7 Å². The van der Waals surface area contributed by atoms with E-state index in [4.69, 9.17) is 15.2 Å². The standard InChI is InChI=1S/C67H80N14O26/c1-4-9-44-55(107-44)66(104)77-43(27-82)61(99)80-51-29(3)106-67(105)42(20-32-25-70-37-13-8-6-11-35(32)37)76-62(100)50(28(2)18-46(85)86)79-65(103)53(54(93)56(68)94)78-45(84)26-71-57(95)39(21-47(87)88)75-64(102)52(30-14-16-33(83)17-15-30)81-60(98)41(23-49(91)92)73-59(97)40(22-48(89)90)72-58(96)38(74-63(51)101)19-31-24-69-36-12-7-5-10-34(31)36/h5-8,10-17,24-25,28-29,38-44,50-55,69-70,82-83,93H,4,9,18-23,26-27H2,1-3H3,(H2,68,94)(H,71,95)(H,72,96)(H,73,97)(H,74,101)(H,75,102)(H,76,100)(H,77,104)(H,78,84)(H,79,103)(H,80,99)(H,81,98)(H,85,86)(H,87,88)(H,89,90)(H,91,92)/t28?,29?,38-,39+,40+,41+,42+,43+,44?,50?,51?,52-,53-,54?,55?/m1/s1. The monoisotopic (exact) mass is 1500 g/mol. The van der Waals surface area contributed by atoms with Crippen LogP contribution in [0.5, 0.6) is 5.75 Å². The molecule has 12 amide bonds. The van der Waals surface area contributed by atoms with Gasteiger partial charge >= 0.3 is 29.8 Å². The van der Waals surface area contributed by atoms with Crippen LogP contribution in [0.15, 0.2) is 85.2 Å². The fourth-order valence-electron chi connectivity index (χ4n) is 11.5. The number of hydrogen-bond acceptors (Lipinski definition) is 22. The number of carboxylic acid groups (broad SMARTS) is 4. The summed E-state index contributed by atoms with van der Waals surface area (Å²) < 4.78 is 11.3. The predicted octanol–water partition coefficient (Wildman–Crippen LogP) is -5.64. The Morgan fingerprint density at radius 3 is 1.62 bits per heavy atom. The van der Waals surface area contributed by atoms with E-state index < -0.39 is 249 Å². The third kappa shape index (κ3) is 22.7. The second kappa shape index (κ2) is 37.2. The summed E-state index contributed by atoms with van der Waals surface area (Å²) in [6.07, 6.45) is -8.84. The summed E-state index contributed by atoms with van der Waals surface area (Å²) in [5, 5.41) is 96.5. The van der Waals surface area contributed by atoms with Crippen LogP contribution in [0.2, 0.25) is 0 Å². The van der Waals surface area contributed by atoms with Gasteiger partial charge in [0.15, 0.2) is 12.2 Å². The number of aromatic amines is 2. The molecule has 4 heterocycles. The summed E-state index contributed by atoms with van der Waals surface area (Å²) in [6, 6.07) is -5.25. The number of cyclic esters (lactones) is 1. The molecule has 107 heavy (non-hydrogen) atoms.